The minimum atomic E-state index is -0.394. The second-order valence-electron chi connectivity index (χ2n) is 6.55. The molecule has 0 aliphatic carbocycles. The molecule has 0 saturated heterocycles. The van der Waals surface area contributed by atoms with E-state index < -0.39 is 5.91 Å². The van der Waals surface area contributed by atoms with E-state index in [1.807, 2.05) is 42.5 Å². The van der Waals surface area contributed by atoms with Gasteiger partial charge in [0.1, 0.15) is 0 Å². The number of carbonyl (C=O) groups excluding carboxylic acids is 2. The highest BCUT2D eigenvalue weighted by Gasteiger charge is 2.08. The fraction of sp³-hybridized carbons (Fsp3) is 0.0417. The maximum Gasteiger partial charge on any atom is 0.251 e. The highest BCUT2D eigenvalue weighted by molar-refractivity contribution is 7.80. The first kappa shape index (κ1) is 22.2. The SMILES string of the molecule is O=C(/C=C/c1ccccc1Cl)NC(=S)Nc1cccc(C(=O)NCc2ccccc2)c1. The predicted octanol–water partition coefficient (Wildman–Crippen LogP) is 4.80. The largest absolute Gasteiger partial charge is 0.348 e. The van der Waals surface area contributed by atoms with E-state index in [0.717, 1.165) is 11.1 Å². The normalized spacial score (nSPS) is 10.5. The Kier molecular flexibility index (Phi) is 7.92. The van der Waals surface area contributed by atoms with Crippen molar-refractivity contribution in [3.63, 3.8) is 0 Å². The lowest BCUT2D eigenvalue weighted by Gasteiger charge is -2.10. The molecule has 0 unspecified atom stereocenters. The number of anilines is 1. The molecule has 0 fully saturated rings. The van der Waals surface area contributed by atoms with Crippen molar-refractivity contribution in [2.45, 2.75) is 6.54 Å². The summed E-state index contributed by atoms with van der Waals surface area (Å²) >= 11 is 11.3. The molecule has 0 atom stereocenters. The number of thiocarbonyl (C=S) groups is 1. The number of carbonyl (C=O) groups is 2. The predicted molar refractivity (Wildman–Crippen MR) is 129 cm³/mol. The standard InChI is InChI=1S/C24H20ClN3O2S/c25-21-12-5-4-9-18(21)13-14-22(29)28-24(31)27-20-11-6-10-19(15-20)23(30)26-16-17-7-2-1-3-8-17/h1-15H,16H2,(H,26,30)(H2,27,28,29,31)/b14-13+. The molecule has 5 nitrogen and oxygen atoms in total. The van der Waals surface area contributed by atoms with Crippen LogP contribution in [0.25, 0.3) is 6.08 Å². The van der Waals surface area contributed by atoms with Crippen molar-refractivity contribution in [3.05, 3.63) is 107 Å². The number of hydrogen-bond acceptors (Lipinski definition) is 3. The van der Waals surface area contributed by atoms with Crippen molar-refractivity contribution >= 4 is 52.5 Å². The van der Waals surface area contributed by atoms with Crippen LogP contribution in [-0.4, -0.2) is 16.9 Å². The Labute approximate surface area is 191 Å². The zero-order chi connectivity index (χ0) is 22.1. The van der Waals surface area contributed by atoms with Crippen LogP contribution in [-0.2, 0) is 11.3 Å². The quantitative estimate of drug-likeness (QED) is 0.373. The molecule has 0 aliphatic rings. The van der Waals surface area contributed by atoms with E-state index in [4.69, 9.17) is 23.8 Å². The molecule has 0 spiro atoms. The second kappa shape index (κ2) is 11.1. The minimum Gasteiger partial charge on any atom is -0.348 e. The maximum atomic E-state index is 12.4. The van der Waals surface area contributed by atoms with E-state index in [2.05, 4.69) is 16.0 Å². The number of halogens is 1. The zero-order valence-electron chi connectivity index (χ0n) is 16.5. The molecule has 3 N–H and O–H groups in total. The zero-order valence-corrected chi connectivity index (χ0v) is 18.0. The lowest BCUT2D eigenvalue weighted by Crippen LogP contribution is -2.33. The van der Waals surface area contributed by atoms with Gasteiger partial charge in [-0.2, -0.15) is 0 Å². The number of benzene rings is 3. The van der Waals surface area contributed by atoms with Crippen LogP contribution in [0.2, 0.25) is 5.02 Å². The first-order valence-electron chi connectivity index (χ1n) is 9.48. The van der Waals surface area contributed by atoms with Gasteiger partial charge in [-0.25, -0.2) is 0 Å². The molecule has 3 rings (SSSR count). The van der Waals surface area contributed by atoms with Crippen molar-refractivity contribution in [2.75, 3.05) is 5.32 Å². The van der Waals surface area contributed by atoms with Gasteiger partial charge in [0.2, 0.25) is 5.91 Å². The van der Waals surface area contributed by atoms with E-state index in [-0.39, 0.29) is 11.0 Å². The van der Waals surface area contributed by atoms with Crippen molar-refractivity contribution in [1.82, 2.24) is 10.6 Å². The van der Waals surface area contributed by atoms with Crippen LogP contribution in [0.5, 0.6) is 0 Å². The molecule has 3 aromatic rings. The van der Waals surface area contributed by atoms with Crippen molar-refractivity contribution < 1.29 is 9.59 Å². The van der Waals surface area contributed by atoms with Gasteiger partial charge in [-0.15, -0.1) is 0 Å². The monoisotopic (exact) mass is 449 g/mol. The highest BCUT2D eigenvalue weighted by atomic mass is 35.5. The number of amides is 2. The summed E-state index contributed by atoms with van der Waals surface area (Å²) in [4.78, 5) is 24.5. The first-order chi connectivity index (χ1) is 15.0. The van der Waals surface area contributed by atoms with E-state index in [0.29, 0.717) is 22.8 Å². The van der Waals surface area contributed by atoms with Crippen LogP contribution in [0.3, 0.4) is 0 Å². The van der Waals surface area contributed by atoms with Gasteiger partial charge in [0, 0.05) is 28.9 Å². The Morgan fingerprint density at radius 1 is 0.935 bits per heavy atom. The lowest BCUT2D eigenvalue weighted by atomic mass is 10.1. The van der Waals surface area contributed by atoms with E-state index in [9.17, 15) is 9.59 Å². The molecule has 0 saturated carbocycles. The summed E-state index contributed by atoms with van der Waals surface area (Å²) in [6.45, 7) is 0.434. The van der Waals surface area contributed by atoms with Gasteiger partial charge in [0.25, 0.3) is 5.91 Å². The number of hydrogen-bond donors (Lipinski definition) is 3. The third kappa shape index (κ3) is 7.06. The van der Waals surface area contributed by atoms with Gasteiger partial charge in [-0.1, -0.05) is 66.2 Å². The molecule has 7 heteroatoms. The van der Waals surface area contributed by atoms with Crippen molar-refractivity contribution in [1.29, 1.82) is 0 Å². The van der Waals surface area contributed by atoms with Crippen LogP contribution in [0.1, 0.15) is 21.5 Å². The van der Waals surface area contributed by atoms with E-state index in [1.165, 1.54) is 6.08 Å². The summed E-state index contributed by atoms with van der Waals surface area (Å²) in [5.74, 6) is -0.598. The first-order valence-corrected chi connectivity index (χ1v) is 10.3. The van der Waals surface area contributed by atoms with Crippen LogP contribution < -0.4 is 16.0 Å². The molecule has 0 aromatic heterocycles. The van der Waals surface area contributed by atoms with Crippen molar-refractivity contribution in [3.8, 4) is 0 Å². The Balaban J connectivity index is 1.53. The van der Waals surface area contributed by atoms with Gasteiger partial charge in [-0.05, 0) is 53.7 Å². The topological polar surface area (TPSA) is 70.2 Å². The summed E-state index contributed by atoms with van der Waals surface area (Å²) in [6.07, 6.45) is 2.96. The van der Waals surface area contributed by atoms with Gasteiger partial charge in [0.05, 0.1) is 0 Å². The molecular formula is C24H20ClN3O2S. The summed E-state index contributed by atoms with van der Waals surface area (Å²) in [5.41, 5.74) is 2.81. The van der Waals surface area contributed by atoms with Gasteiger partial charge < -0.3 is 10.6 Å². The molecule has 0 aliphatic heterocycles. The molecule has 0 radical (unpaired) electrons. The van der Waals surface area contributed by atoms with Gasteiger partial charge in [-0.3, -0.25) is 14.9 Å². The third-order valence-corrected chi connectivity index (χ3v) is 4.78. The van der Waals surface area contributed by atoms with E-state index in [1.54, 1.807) is 42.5 Å². The Morgan fingerprint density at radius 2 is 1.68 bits per heavy atom. The molecule has 156 valence electrons. The summed E-state index contributed by atoms with van der Waals surface area (Å²) < 4.78 is 0. The molecule has 2 amide bonds. The maximum absolute atomic E-state index is 12.4. The average Bonchev–Trinajstić information content (AvgIpc) is 2.77. The summed E-state index contributed by atoms with van der Waals surface area (Å²) in [6, 6.07) is 23.7. The van der Waals surface area contributed by atoms with Gasteiger partial charge >= 0.3 is 0 Å². The lowest BCUT2D eigenvalue weighted by molar-refractivity contribution is -0.115. The van der Waals surface area contributed by atoms with Gasteiger partial charge in [0.15, 0.2) is 5.11 Å². The van der Waals surface area contributed by atoms with Crippen LogP contribution in [0.15, 0.2) is 84.9 Å². The van der Waals surface area contributed by atoms with E-state index >= 15 is 0 Å². The average molecular weight is 450 g/mol. The number of nitrogens with one attached hydrogen (secondary N) is 3. The highest BCUT2D eigenvalue weighted by Crippen LogP contribution is 2.16. The Hall–Kier alpha value is -3.48. The third-order valence-electron chi connectivity index (χ3n) is 4.23. The molecule has 3 aromatic carbocycles. The van der Waals surface area contributed by atoms with Crippen molar-refractivity contribution in [2.24, 2.45) is 0 Å². The fourth-order valence-corrected chi connectivity index (χ4v) is 3.13. The molecular weight excluding hydrogens is 430 g/mol. The van der Waals surface area contributed by atoms with Crippen LogP contribution in [0.4, 0.5) is 5.69 Å². The molecule has 0 heterocycles. The fourth-order valence-electron chi connectivity index (χ4n) is 2.71. The number of rotatable bonds is 6. The van der Waals surface area contributed by atoms with Crippen LogP contribution >= 0.6 is 23.8 Å². The second-order valence-corrected chi connectivity index (χ2v) is 7.36. The summed E-state index contributed by atoms with van der Waals surface area (Å²) in [7, 11) is 0. The Bertz CT molecular complexity index is 1120. The Morgan fingerprint density at radius 3 is 2.45 bits per heavy atom. The summed E-state index contributed by atoms with van der Waals surface area (Å²) in [5, 5.41) is 9.02. The molecule has 31 heavy (non-hydrogen) atoms. The minimum absolute atomic E-state index is 0.121. The smallest absolute Gasteiger partial charge is 0.251 e. The van der Waals surface area contributed by atoms with Crippen LogP contribution in [0, 0.1) is 0 Å². The molecule has 0 bridgehead atoms.